The summed E-state index contributed by atoms with van der Waals surface area (Å²) < 4.78 is 0. The lowest BCUT2D eigenvalue weighted by Gasteiger charge is -1.89. The van der Waals surface area contributed by atoms with Crippen LogP contribution in [0, 0.1) is 11.3 Å². The molecule has 0 atom stereocenters. The Hall–Kier alpha value is -0.840. The summed E-state index contributed by atoms with van der Waals surface area (Å²) in [5, 5.41) is 8.03. The van der Waals surface area contributed by atoms with Crippen LogP contribution in [0.4, 0.5) is 0 Å². The molecule has 0 aliphatic carbocycles. The normalized spacial score (nSPS) is 8.44. The molecule has 0 radical (unpaired) electrons. The van der Waals surface area contributed by atoms with Gasteiger partial charge in [0.25, 0.3) is 0 Å². The SMILES string of the molecule is CCCCCC(=O)C#N. The van der Waals surface area contributed by atoms with Gasteiger partial charge in [0.2, 0.25) is 5.78 Å². The molecule has 0 amide bonds. The topological polar surface area (TPSA) is 40.9 Å². The molecule has 0 unspecified atom stereocenters. The van der Waals surface area contributed by atoms with E-state index in [2.05, 4.69) is 6.92 Å². The molecule has 0 rings (SSSR count). The number of carbonyl (C=O) groups is 1. The number of rotatable bonds is 4. The quantitative estimate of drug-likeness (QED) is 0.423. The van der Waals surface area contributed by atoms with Gasteiger partial charge in [-0.05, 0) is 6.42 Å². The fourth-order valence-corrected chi connectivity index (χ4v) is 0.591. The van der Waals surface area contributed by atoms with Crippen LogP contribution in [0.25, 0.3) is 0 Å². The maximum atomic E-state index is 10.3. The summed E-state index contributed by atoms with van der Waals surface area (Å²) in [7, 11) is 0. The van der Waals surface area contributed by atoms with Crippen LogP contribution in [0.15, 0.2) is 0 Å². The van der Waals surface area contributed by atoms with Crippen molar-refractivity contribution >= 4 is 5.78 Å². The number of carbonyl (C=O) groups excluding carboxylic acids is 1. The molecule has 0 saturated carbocycles. The second-order valence-corrected chi connectivity index (χ2v) is 1.99. The van der Waals surface area contributed by atoms with Crippen molar-refractivity contribution in [1.82, 2.24) is 0 Å². The van der Waals surface area contributed by atoms with E-state index in [4.69, 9.17) is 5.26 Å². The van der Waals surface area contributed by atoms with Crippen LogP contribution in [0.1, 0.15) is 32.6 Å². The minimum atomic E-state index is -0.288. The highest BCUT2D eigenvalue weighted by Gasteiger charge is 1.95. The van der Waals surface area contributed by atoms with Gasteiger partial charge in [-0.25, -0.2) is 0 Å². The molecule has 0 fully saturated rings. The molecule has 0 aromatic rings. The Labute approximate surface area is 55.5 Å². The maximum Gasteiger partial charge on any atom is 0.231 e. The average Bonchev–Trinajstić information content (AvgIpc) is 1.89. The van der Waals surface area contributed by atoms with Gasteiger partial charge in [0, 0.05) is 6.42 Å². The van der Waals surface area contributed by atoms with E-state index in [0.29, 0.717) is 6.42 Å². The van der Waals surface area contributed by atoms with E-state index in [1.165, 1.54) is 0 Å². The maximum absolute atomic E-state index is 10.3. The predicted molar refractivity (Wildman–Crippen MR) is 34.8 cm³/mol. The van der Waals surface area contributed by atoms with E-state index in [1.807, 2.05) is 0 Å². The smallest absolute Gasteiger partial charge is 0.231 e. The Kier molecular flexibility index (Phi) is 4.81. The van der Waals surface area contributed by atoms with E-state index in [1.54, 1.807) is 6.07 Å². The summed E-state index contributed by atoms with van der Waals surface area (Å²) in [6, 6.07) is 1.58. The number of nitrogens with zero attached hydrogens (tertiary/aromatic N) is 1. The minimum absolute atomic E-state index is 0.288. The zero-order chi connectivity index (χ0) is 7.11. The van der Waals surface area contributed by atoms with Crippen molar-refractivity contribution in [2.24, 2.45) is 0 Å². The average molecular weight is 125 g/mol. The van der Waals surface area contributed by atoms with Gasteiger partial charge in [-0.2, -0.15) is 5.26 Å². The van der Waals surface area contributed by atoms with Gasteiger partial charge in [-0.15, -0.1) is 0 Å². The summed E-state index contributed by atoms with van der Waals surface area (Å²) in [6.45, 7) is 2.07. The Balaban J connectivity index is 3.10. The Morgan fingerprint density at radius 2 is 2.22 bits per heavy atom. The summed E-state index contributed by atoms with van der Waals surface area (Å²) in [5.74, 6) is -0.288. The van der Waals surface area contributed by atoms with Gasteiger partial charge in [0.1, 0.15) is 6.07 Å². The molecule has 0 bridgehead atoms. The van der Waals surface area contributed by atoms with Crippen LogP contribution in [0.3, 0.4) is 0 Å². The number of Topliss-reactive ketones (excluding diaryl/α,β-unsaturated/α-hetero) is 1. The molecule has 0 aliphatic heterocycles. The predicted octanol–water partition coefficient (Wildman–Crippen LogP) is 1.66. The monoisotopic (exact) mass is 125 g/mol. The summed E-state index contributed by atoms with van der Waals surface area (Å²) in [5.41, 5.74) is 0. The van der Waals surface area contributed by atoms with E-state index in [-0.39, 0.29) is 5.78 Å². The van der Waals surface area contributed by atoms with Crippen LogP contribution in [0.2, 0.25) is 0 Å². The first-order valence-corrected chi connectivity index (χ1v) is 3.24. The van der Waals surface area contributed by atoms with Crippen molar-refractivity contribution < 1.29 is 4.79 Å². The van der Waals surface area contributed by atoms with Crippen molar-refractivity contribution in [3.05, 3.63) is 0 Å². The number of unbranched alkanes of at least 4 members (excludes halogenated alkanes) is 2. The zero-order valence-corrected chi connectivity index (χ0v) is 5.68. The summed E-state index contributed by atoms with van der Waals surface area (Å²) in [4.78, 5) is 10.3. The number of hydrogen-bond acceptors (Lipinski definition) is 2. The third-order valence-corrected chi connectivity index (χ3v) is 1.13. The van der Waals surface area contributed by atoms with Crippen molar-refractivity contribution in [3.63, 3.8) is 0 Å². The lowest BCUT2D eigenvalue weighted by atomic mass is 10.1. The largest absolute Gasteiger partial charge is 0.283 e. The standard InChI is InChI=1S/C7H11NO/c1-2-3-4-5-7(9)6-8/h2-5H2,1H3. The first-order chi connectivity index (χ1) is 4.31. The van der Waals surface area contributed by atoms with E-state index < -0.39 is 0 Å². The molecule has 50 valence electrons. The van der Waals surface area contributed by atoms with Gasteiger partial charge in [-0.1, -0.05) is 19.8 Å². The lowest BCUT2D eigenvalue weighted by molar-refractivity contribution is -0.114. The van der Waals surface area contributed by atoms with E-state index in [0.717, 1.165) is 19.3 Å². The molecule has 0 spiro atoms. The first-order valence-electron chi connectivity index (χ1n) is 3.24. The molecular weight excluding hydrogens is 114 g/mol. The Morgan fingerprint density at radius 1 is 1.56 bits per heavy atom. The third kappa shape index (κ3) is 5.02. The highest BCUT2D eigenvalue weighted by atomic mass is 16.1. The molecular formula is C7H11NO. The highest BCUT2D eigenvalue weighted by Crippen LogP contribution is 1.98. The molecule has 9 heavy (non-hydrogen) atoms. The van der Waals surface area contributed by atoms with Crippen LogP contribution in [0.5, 0.6) is 0 Å². The van der Waals surface area contributed by atoms with Crippen molar-refractivity contribution in [3.8, 4) is 6.07 Å². The van der Waals surface area contributed by atoms with Crippen molar-refractivity contribution in [2.75, 3.05) is 0 Å². The van der Waals surface area contributed by atoms with Gasteiger partial charge >= 0.3 is 0 Å². The molecule has 2 heteroatoms. The van der Waals surface area contributed by atoms with Crippen LogP contribution in [-0.2, 0) is 4.79 Å². The Bertz CT molecular complexity index is 123. The van der Waals surface area contributed by atoms with E-state index in [9.17, 15) is 4.79 Å². The molecule has 0 aliphatic rings. The number of hydrogen-bond donors (Lipinski definition) is 0. The summed E-state index contributed by atoms with van der Waals surface area (Å²) in [6.07, 6.45) is 3.44. The number of nitriles is 1. The molecule has 2 nitrogen and oxygen atoms in total. The lowest BCUT2D eigenvalue weighted by Crippen LogP contribution is -1.91. The first kappa shape index (κ1) is 8.16. The van der Waals surface area contributed by atoms with Gasteiger partial charge in [-0.3, -0.25) is 4.79 Å². The second-order valence-electron chi connectivity index (χ2n) is 1.99. The third-order valence-electron chi connectivity index (χ3n) is 1.13. The van der Waals surface area contributed by atoms with Crippen molar-refractivity contribution in [2.45, 2.75) is 32.6 Å². The Morgan fingerprint density at radius 3 is 2.67 bits per heavy atom. The van der Waals surface area contributed by atoms with Gasteiger partial charge < -0.3 is 0 Å². The van der Waals surface area contributed by atoms with Crippen LogP contribution in [-0.4, -0.2) is 5.78 Å². The molecule has 0 saturated heterocycles. The molecule has 0 aromatic carbocycles. The van der Waals surface area contributed by atoms with Gasteiger partial charge in [0.15, 0.2) is 0 Å². The fourth-order valence-electron chi connectivity index (χ4n) is 0.591. The molecule has 0 N–H and O–H groups in total. The van der Waals surface area contributed by atoms with Crippen molar-refractivity contribution in [1.29, 1.82) is 5.26 Å². The summed E-state index contributed by atoms with van der Waals surface area (Å²) >= 11 is 0. The fraction of sp³-hybridized carbons (Fsp3) is 0.714. The molecule has 0 heterocycles. The zero-order valence-electron chi connectivity index (χ0n) is 5.68. The van der Waals surface area contributed by atoms with Crippen LogP contribution >= 0.6 is 0 Å². The van der Waals surface area contributed by atoms with Crippen LogP contribution < -0.4 is 0 Å². The number of ketones is 1. The second kappa shape index (κ2) is 5.30. The van der Waals surface area contributed by atoms with Gasteiger partial charge in [0.05, 0.1) is 0 Å². The van der Waals surface area contributed by atoms with E-state index >= 15 is 0 Å². The minimum Gasteiger partial charge on any atom is -0.283 e. The highest BCUT2D eigenvalue weighted by molar-refractivity contribution is 5.93. The molecule has 0 aromatic heterocycles.